The maximum Gasteiger partial charge on any atom is 0.0473 e. The molecule has 0 aliphatic heterocycles. The van der Waals surface area contributed by atoms with Gasteiger partial charge in [-0.2, -0.15) is 0 Å². The second-order valence-corrected chi connectivity index (χ2v) is 5.87. The second-order valence-electron chi connectivity index (χ2n) is 5.87. The molecule has 110 valence electrons. The third kappa shape index (κ3) is 2.62. The van der Waals surface area contributed by atoms with Crippen molar-refractivity contribution >= 4 is 5.69 Å². The first-order valence-corrected chi connectivity index (χ1v) is 7.71. The third-order valence-electron chi connectivity index (χ3n) is 4.06. The molecule has 1 heteroatoms. The van der Waals surface area contributed by atoms with Gasteiger partial charge < -0.3 is 5.73 Å². The molecule has 0 amide bonds. The zero-order chi connectivity index (χ0) is 15.5. The van der Waals surface area contributed by atoms with Crippen LogP contribution >= 0.6 is 0 Å². The molecule has 0 unspecified atom stereocenters. The molecule has 0 saturated heterocycles. The SMILES string of the molecule is CC(C)c1ccccc1-c1cccc(-c2ccccc2)c1N. The van der Waals surface area contributed by atoms with Crippen LogP contribution < -0.4 is 5.73 Å². The number of para-hydroxylation sites is 1. The van der Waals surface area contributed by atoms with Gasteiger partial charge in [-0.25, -0.2) is 0 Å². The van der Waals surface area contributed by atoms with Crippen LogP contribution in [-0.4, -0.2) is 0 Å². The first-order valence-electron chi connectivity index (χ1n) is 7.71. The number of hydrogen-bond donors (Lipinski definition) is 1. The van der Waals surface area contributed by atoms with Crippen molar-refractivity contribution in [3.8, 4) is 22.3 Å². The van der Waals surface area contributed by atoms with E-state index in [0.29, 0.717) is 5.92 Å². The highest BCUT2D eigenvalue weighted by atomic mass is 14.6. The van der Waals surface area contributed by atoms with Gasteiger partial charge in [-0.15, -0.1) is 0 Å². The van der Waals surface area contributed by atoms with Crippen LogP contribution in [0.4, 0.5) is 5.69 Å². The quantitative estimate of drug-likeness (QED) is 0.612. The van der Waals surface area contributed by atoms with E-state index in [-0.39, 0.29) is 0 Å². The molecular formula is C21H21N. The normalized spacial score (nSPS) is 10.9. The lowest BCUT2D eigenvalue weighted by Crippen LogP contribution is -1.97. The topological polar surface area (TPSA) is 26.0 Å². The molecule has 0 fully saturated rings. The predicted octanol–water partition coefficient (Wildman–Crippen LogP) is 5.73. The summed E-state index contributed by atoms with van der Waals surface area (Å²) in [6, 6.07) is 25.1. The monoisotopic (exact) mass is 287 g/mol. The van der Waals surface area contributed by atoms with Crippen LogP contribution in [0.5, 0.6) is 0 Å². The minimum Gasteiger partial charge on any atom is -0.398 e. The van der Waals surface area contributed by atoms with E-state index in [4.69, 9.17) is 5.73 Å². The van der Waals surface area contributed by atoms with Crippen LogP contribution in [0.2, 0.25) is 0 Å². The van der Waals surface area contributed by atoms with Crippen molar-refractivity contribution in [2.75, 3.05) is 5.73 Å². The number of nitrogen functional groups attached to an aromatic ring is 1. The molecule has 0 aliphatic carbocycles. The van der Waals surface area contributed by atoms with Crippen molar-refractivity contribution in [2.24, 2.45) is 0 Å². The first-order chi connectivity index (χ1) is 10.7. The van der Waals surface area contributed by atoms with E-state index >= 15 is 0 Å². The van der Waals surface area contributed by atoms with Crippen molar-refractivity contribution in [1.29, 1.82) is 0 Å². The van der Waals surface area contributed by atoms with Gasteiger partial charge in [0.2, 0.25) is 0 Å². The number of benzene rings is 3. The van der Waals surface area contributed by atoms with Gasteiger partial charge in [-0.3, -0.25) is 0 Å². The zero-order valence-corrected chi connectivity index (χ0v) is 13.1. The van der Waals surface area contributed by atoms with Gasteiger partial charge in [0.1, 0.15) is 0 Å². The number of rotatable bonds is 3. The Balaban J connectivity index is 2.18. The van der Waals surface area contributed by atoms with Crippen LogP contribution in [0.1, 0.15) is 25.3 Å². The van der Waals surface area contributed by atoms with E-state index in [9.17, 15) is 0 Å². The highest BCUT2D eigenvalue weighted by molar-refractivity contribution is 5.89. The Kier molecular flexibility index (Phi) is 3.97. The molecule has 0 atom stereocenters. The molecule has 0 radical (unpaired) electrons. The molecule has 0 aromatic heterocycles. The summed E-state index contributed by atoms with van der Waals surface area (Å²) in [5.41, 5.74) is 13.3. The minimum absolute atomic E-state index is 0.469. The summed E-state index contributed by atoms with van der Waals surface area (Å²) in [5, 5.41) is 0. The molecule has 0 spiro atoms. The molecule has 0 heterocycles. The average Bonchev–Trinajstić information content (AvgIpc) is 2.56. The predicted molar refractivity (Wildman–Crippen MR) is 95.8 cm³/mol. The fourth-order valence-electron chi connectivity index (χ4n) is 2.92. The lowest BCUT2D eigenvalue weighted by molar-refractivity contribution is 0.869. The van der Waals surface area contributed by atoms with E-state index in [1.807, 2.05) is 18.2 Å². The molecule has 0 saturated carbocycles. The van der Waals surface area contributed by atoms with Gasteiger partial charge in [-0.1, -0.05) is 86.6 Å². The van der Waals surface area contributed by atoms with Gasteiger partial charge in [0.15, 0.2) is 0 Å². The largest absolute Gasteiger partial charge is 0.398 e. The van der Waals surface area contributed by atoms with E-state index in [1.54, 1.807) is 0 Å². The fourth-order valence-corrected chi connectivity index (χ4v) is 2.92. The maximum absolute atomic E-state index is 6.52. The van der Waals surface area contributed by atoms with Crippen LogP contribution in [0.15, 0.2) is 72.8 Å². The van der Waals surface area contributed by atoms with Gasteiger partial charge >= 0.3 is 0 Å². The van der Waals surface area contributed by atoms with E-state index < -0.39 is 0 Å². The van der Waals surface area contributed by atoms with E-state index in [1.165, 1.54) is 11.1 Å². The molecule has 0 bridgehead atoms. The Morgan fingerprint density at radius 2 is 1.23 bits per heavy atom. The van der Waals surface area contributed by atoms with Gasteiger partial charge in [0, 0.05) is 16.8 Å². The highest BCUT2D eigenvalue weighted by Gasteiger charge is 2.13. The van der Waals surface area contributed by atoms with Gasteiger partial charge in [-0.05, 0) is 22.6 Å². The van der Waals surface area contributed by atoms with Crippen LogP contribution in [-0.2, 0) is 0 Å². The van der Waals surface area contributed by atoms with E-state index in [0.717, 1.165) is 22.4 Å². The Hall–Kier alpha value is -2.54. The Bertz CT molecular complexity index is 773. The molecule has 2 N–H and O–H groups in total. The number of hydrogen-bond acceptors (Lipinski definition) is 1. The maximum atomic E-state index is 6.52. The van der Waals surface area contributed by atoms with Gasteiger partial charge in [0.05, 0.1) is 0 Å². The van der Waals surface area contributed by atoms with Crippen LogP contribution in [0, 0.1) is 0 Å². The van der Waals surface area contributed by atoms with Crippen molar-refractivity contribution in [1.82, 2.24) is 0 Å². The summed E-state index contributed by atoms with van der Waals surface area (Å²) in [6.45, 7) is 4.44. The summed E-state index contributed by atoms with van der Waals surface area (Å²) in [6.07, 6.45) is 0. The third-order valence-corrected chi connectivity index (χ3v) is 4.06. The minimum atomic E-state index is 0.469. The number of anilines is 1. The first kappa shape index (κ1) is 14.4. The van der Waals surface area contributed by atoms with Crippen molar-refractivity contribution in [2.45, 2.75) is 19.8 Å². The summed E-state index contributed by atoms with van der Waals surface area (Å²) in [5.74, 6) is 0.469. The molecule has 22 heavy (non-hydrogen) atoms. The smallest absolute Gasteiger partial charge is 0.0473 e. The molecule has 1 nitrogen and oxygen atoms in total. The van der Waals surface area contributed by atoms with Crippen molar-refractivity contribution in [3.05, 3.63) is 78.4 Å². The zero-order valence-electron chi connectivity index (χ0n) is 13.1. The molecule has 3 aromatic carbocycles. The summed E-state index contributed by atoms with van der Waals surface area (Å²) < 4.78 is 0. The van der Waals surface area contributed by atoms with Crippen LogP contribution in [0.25, 0.3) is 22.3 Å². The van der Waals surface area contributed by atoms with E-state index in [2.05, 4.69) is 68.4 Å². The summed E-state index contributed by atoms with van der Waals surface area (Å²) in [4.78, 5) is 0. The standard InChI is InChI=1S/C21H21N/c1-15(2)17-11-6-7-12-19(17)20-14-8-13-18(21(20)22)16-9-4-3-5-10-16/h3-15H,22H2,1-2H3. The Labute approximate surface area is 132 Å². The summed E-state index contributed by atoms with van der Waals surface area (Å²) >= 11 is 0. The Morgan fingerprint density at radius 3 is 1.95 bits per heavy atom. The fraction of sp³-hybridized carbons (Fsp3) is 0.143. The molecule has 3 aromatic rings. The van der Waals surface area contributed by atoms with Gasteiger partial charge in [0.25, 0.3) is 0 Å². The molecule has 3 rings (SSSR count). The molecular weight excluding hydrogens is 266 g/mol. The Morgan fingerprint density at radius 1 is 0.636 bits per heavy atom. The number of nitrogens with two attached hydrogens (primary N) is 1. The van der Waals surface area contributed by atoms with Crippen molar-refractivity contribution < 1.29 is 0 Å². The lowest BCUT2D eigenvalue weighted by Gasteiger charge is -2.16. The second kappa shape index (κ2) is 6.07. The van der Waals surface area contributed by atoms with Crippen molar-refractivity contribution in [3.63, 3.8) is 0 Å². The highest BCUT2D eigenvalue weighted by Crippen LogP contribution is 2.37. The van der Waals surface area contributed by atoms with Crippen LogP contribution in [0.3, 0.4) is 0 Å². The molecule has 0 aliphatic rings. The average molecular weight is 287 g/mol. The lowest BCUT2D eigenvalue weighted by atomic mass is 9.90. The summed E-state index contributed by atoms with van der Waals surface area (Å²) in [7, 11) is 0.